The summed E-state index contributed by atoms with van der Waals surface area (Å²) in [6, 6.07) is 10.3. The number of ether oxygens (including phenoxy) is 2. The topological polar surface area (TPSA) is 87.3 Å². The Morgan fingerprint density at radius 2 is 1.70 bits per heavy atom. The van der Waals surface area contributed by atoms with Gasteiger partial charge in [0.2, 0.25) is 11.2 Å². The number of alkyl halides is 3. The van der Waals surface area contributed by atoms with Gasteiger partial charge in [-0.25, -0.2) is 9.97 Å². The second-order valence-electron chi connectivity index (χ2n) is 6.82. The Hall–Kier alpha value is -3.99. The minimum atomic E-state index is -4.58. The molecule has 0 amide bonds. The van der Waals surface area contributed by atoms with Gasteiger partial charge in [-0.15, -0.1) is 15.3 Å². The number of hydrogen-bond donors (Lipinski definition) is 0. The number of fused-ring (bicyclic) bond motifs is 3. The van der Waals surface area contributed by atoms with E-state index >= 15 is 0 Å². The summed E-state index contributed by atoms with van der Waals surface area (Å²) in [4.78, 5) is 8.05. The summed E-state index contributed by atoms with van der Waals surface area (Å²) in [5, 5.41) is 13.2. The van der Waals surface area contributed by atoms with E-state index in [0.717, 1.165) is 12.1 Å². The smallest absolute Gasteiger partial charge is 0.416 e. The van der Waals surface area contributed by atoms with E-state index < -0.39 is 11.7 Å². The SMILES string of the molecule is COc1ncc(-c2ccc(C(F)(F)F)cc2Oc2nn3c(Cl)nnc3c3ccccc23)cn1. The molecule has 0 fully saturated rings. The standard InChI is InChI=1S/C21H12ClF3N6O2/c1-32-20-26-9-11(10-27-20)13-7-6-12(21(23,24)25)8-16(13)33-18-15-5-3-2-4-14(15)17-28-29-19(22)31(17)30-18/h2-10H,1H3. The highest BCUT2D eigenvalue weighted by atomic mass is 35.5. The fourth-order valence-electron chi connectivity index (χ4n) is 3.29. The maximum atomic E-state index is 13.5. The van der Waals surface area contributed by atoms with Crippen LogP contribution in [0.4, 0.5) is 13.2 Å². The Morgan fingerprint density at radius 1 is 0.970 bits per heavy atom. The molecule has 166 valence electrons. The van der Waals surface area contributed by atoms with Gasteiger partial charge in [-0.3, -0.25) is 0 Å². The van der Waals surface area contributed by atoms with E-state index in [2.05, 4.69) is 25.3 Å². The van der Waals surface area contributed by atoms with Crippen molar-refractivity contribution < 1.29 is 22.6 Å². The molecule has 3 heterocycles. The van der Waals surface area contributed by atoms with Crippen LogP contribution < -0.4 is 9.47 Å². The Balaban J connectivity index is 1.71. The molecule has 0 atom stereocenters. The zero-order valence-corrected chi connectivity index (χ0v) is 17.5. The highest BCUT2D eigenvalue weighted by molar-refractivity contribution is 6.28. The number of rotatable bonds is 4. The molecule has 5 aromatic rings. The summed E-state index contributed by atoms with van der Waals surface area (Å²) < 4.78 is 52.6. The Morgan fingerprint density at radius 3 is 2.39 bits per heavy atom. The van der Waals surface area contributed by atoms with Crippen LogP contribution in [0.25, 0.3) is 27.5 Å². The van der Waals surface area contributed by atoms with Crippen molar-refractivity contribution in [2.75, 3.05) is 7.11 Å². The van der Waals surface area contributed by atoms with Gasteiger partial charge in [0.25, 0.3) is 0 Å². The van der Waals surface area contributed by atoms with E-state index in [1.165, 1.54) is 30.1 Å². The van der Waals surface area contributed by atoms with Gasteiger partial charge >= 0.3 is 12.2 Å². The van der Waals surface area contributed by atoms with Crippen LogP contribution in [0.5, 0.6) is 17.6 Å². The zero-order valence-electron chi connectivity index (χ0n) is 16.7. The van der Waals surface area contributed by atoms with Crippen molar-refractivity contribution in [3.8, 4) is 28.8 Å². The fraction of sp³-hybridized carbons (Fsp3) is 0.0952. The highest BCUT2D eigenvalue weighted by Crippen LogP contribution is 2.40. The third-order valence-electron chi connectivity index (χ3n) is 4.83. The van der Waals surface area contributed by atoms with Crippen molar-refractivity contribution in [1.82, 2.24) is 29.8 Å². The van der Waals surface area contributed by atoms with Gasteiger partial charge < -0.3 is 9.47 Å². The number of nitrogens with zero attached hydrogens (tertiary/aromatic N) is 6. The van der Waals surface area contributed by atoms with Crippen molar-refractivity contribution in [2.45, 2.75) is 6.18 Å². The molecule has 2 aromatic carbocycles. The van der Waals surface area contributed by atoms with Gasteiger partial charge in [0, 0.05) is 34.3 Å². The van der Waals surface area contributed by atoms with Crippen LogP contribution in [-0.4, -0.2) is 36.9 Å². The van der Waals surface area contributed by atoms with Crippen LogP contribution in [0.15, 0.2) is 54.9 Å². The summed E-state index contributed by atoms with van der Waals surface area (Å²) in [6.07, 6.45) is -1.73. The minimum absolute atomic E-state index is 0.0200. The van der Waals surface area contributed by atoms with E-state index in [4.69, 9.17) is 21.1 Å². The van der Waals surface area contributed by atoms with Crippen LogP contribution in [0.2, 0.25) is 5.28 Å². The van der Waals surface area contributed by atoms with E-state index in [-0.39, 0.29) is 22.9 Å². The van der Waals surface area contributed by atoms with Crippen molar-refractivity contribution >= 4 is 28.0 Å². The lowest BCUT2D eigenvalue weighted by Crippen LogP contribution is -2.06. The predicted octanol–water partition coefficient (Wildman–Crippen LogP) is 5.21. The maximum Gasteiger partial charge on any atom is 0.416 e. The zero-order chi connectivity index (χ0) is 23.2. The minimum Gasteiger partial charge on any atom is -0.467 e. The van der Waals surface area contributed by atoms with E-state index in [1.807, 2.05) is 0 Å². The number of aromatic nitrogens is 6. The van der Waals surface area contributed by atoms with Gasteiger partial charge in [-0.2, -0.15) is 17.7 Å². The van der Waals surface area contributed by atoms with Gasteiger partial charge in [0.1, 0.15) is 5.75 Å². The van der Waals surface area contributed by atoms with Crippen molar-refractivity contribution in [1.29, 1.82) is 0 Å². The number of benzene rings is 2. The maximum absolute atomic E-state index is 13.5. The second-order valence-corrected chi connectivity index (χ2v) is 7.16. The predicted molar refractivity (Wildman–Crippen MR) is 112 cm³/mol. The van der Waals surface area contributed by atoms with Crippen LogP contribution in [0.1, 0.15) is 5.56 Å². The number of hydrogen-bond acceptors (Lipinski definition) is 7. The highest BCUT2D eigenvalue weighted by Gasteiger charge is 2.32. The average Bonchev–Trinajstić information content (AvgIpc) is 3.19. The quantitative estimate of drug-likeness (QED) is 0.355. The largest absolute Gasteiger partial charge is 0.467 e. The first-order chi connectivity index (χ1) is 15.8. The van der Waals surface area contributed by atoms with Crippen LogP contribution in [0, 0.1) is 0 Å². The molecule has 33 heavy (non-hydrogen) atoms. The summed E-state index contributed by atoms with van der Waals surface area (Å²) in [5.74, 6) is -0.0744. The molecular weight excluding hydrogens is 461 g/mol. The van der Waals surface area contributed by atoms with E-state index in [0.29, 0.717) is 27.5 Å². The fourth-order valence-corrected chi connectivity index (χ4v) is 3.44. The van der Waals surface area contributed by atoms with Gasteiger partial charge in [0.05, 0.1) is 12.7 Å². The van der Waals surface area contributed by atoms with E-state index in [9.17, 15) is 13.2 Å². The van der Waals surface area contributed by atoms with Crippen molar-refractivity contribution in [3.05, 3.63) is 65.7 Å². The molecule has 0 bridgehead atoms. The molecule has 12 heteroatoms. The molecule has 5 rings (SSSR count). The summed E-state index contributed by atoms with van der Waals surface area (Å²) in [6.45, 7) is 0. The lowest BCUT2D eigenvalue weighted by atomic mass is 10.0. The Kier molecular flexibility index (Phi) is 4.97. The van der Waals surface area contributed by atoms with Gasteiger partial charge in [-0.05, 0) is 35.9 Å². The molecule has 0 aliphatic carbocycles. The normalized spacial score (nSPS) is 11.8. The van der Waals surface area contributed by atoms with Crippen LogP contribution >= 0.6 is 11.6 Å². The molecule has 8 nitrogen and oxygen atoms in total. The number of methoxy groups -OCH3 is 1. The molecule has 0 unspecified atom stereocenters. The monoisotopic (exact) mass is 472 g/mol. The molecule has 0 aliphatic rings. The molecule has 0 radical (unpaired) electrons. The second kappa shape index (κ2) is 7.85. The molecule has 0 saturated carbocycles. The lowest BCUT2D eigenvalue weighted by Gasteiger charge is -2.15. The summed E-state index contributed by atoms with van der Waals surface area (Å²) in [5.41, 5.74) is 0.248. The van der Waals surface area contributed by atoms with Crippen molar-refractivity contribution in [3.63, 3.8) is 0 Å². The van der Waals surface area contributed by atoms with E-state index in [1.54, 1.807) is 24.3 Å². The third kappa shape index (κ3) is 3.76. The number of halogens is 4. The Labute approximate surface area is 188 Å². The summed E-state index contributed by atoms with van der Waals surface area (Å²) in [7, 11) is 1.41. The molecule has 0 spiro atoms. The first kappa shape index (κ1) is 20.9. The lowest BCUT2D eigenvalue weighted by molar-refractivity contribution is -0.137. The van der Waals surface area contributed by atoms with Gasteiger partial charge in [0.15, 0.2) is 5.65 Å². The van der Waals surface area contributed by atoms with Crippen LogP contribution in [-0.2, 0) is 6.18 Å². The van der Waals surface area contributed by atoms with Gasteiger partial charge in [-0.1, -0.05) is 18.2 Å². The average molecular weight is 473 g/mol. The molecular formula is C21H12ClF3N6O2. The Bertz CT molecular complexity index is 1490. The molecule has 3 aromatic heterocycles. The molecule has 0 aliphatic heterocycles. The van der Waals surface area contributed by atoms with Crippen molar-refractivity contribution in [2.24, 2.45) is 0 Å². The van der Waals surface area contributed by atoms with Crippen LogP contribution in [0.3, 0.4) is 0 Å². The molecule has 0 N–H and O–H groups in total. The first-order valence-corrected chi connectivity index (χ1v) is 9.78. The molecule has 0 saturated heterocycles. The summed E-state index contributed by atoms with van der Waals surface area (Å²) >= 11 is 6.08. The first-order valence-electron chi connectivity index (χ1n) is 9.40. The third-order valence-corrected chi connectivity index (χ3v) is 5.06.